The molecular weight excluding hydrogens is 311 g/mol. The third-order valence-electron chi connectivity index (χ3n) is 4.06. The molecule has 0 aliphatic carbocycles. The van der Waals surface area contributed by atoms with E-state index < -0.39 is 0 Å². The van der Waals surface area contributed by atoms with E-state index in [9.17, 15) is 4.39 Å². The molecule has 0 saturated carbocycles. The summed E-state index contributed by atoms with van der Waals surface area (Å²) in [5.74, 6) is 0.469. The van der Waals surface area contributed by atoms with Crippen molar-refractivity contribution in [1.29, 1.82) is 0 Å². The highest BCUT2D eigenvalue weighted by molar-refractivity contribution is 6.30. The predicted molar refractivity (Wildman–Crippen MR) is 94.6 cm³/mol. The zero-order valence-electron chi connectivity index (χ0n) is 13.8. The molecule has 0 amide bonds. The van der Waals surface area contributed by atoms with Gasteiger partial charge in [-0.1, -0.05) is 30.7 Å². The second kappa shape index (κ2) is 8.99. The number of hydrogen-bond donors (Lipinski definition) is 1. The van der Waals surface area contributed by atoms with E-state index in [2.05, 4.69) is 35.4 Å². The zero-order chi connectivity index (χ0) is 16.7. The Bertz CT molecular complexity index is 625. The van der Waals surface area contributed by atoms with Gasteiger partial charge in [-0.05, 0) is 69.1 Å². The molecule has 0 atom stereocenters. The first kappa shape index (κ1) is 17.9. The molecule has 3 rings (SSSR count). The summed E-state index contributed by atoms with van der Waals surface area (Å²) < 4.78 is 12.8. The number of rotatable bonds is 2. The maximum absolute atomic E-state index is 12.8. The summed E-state index contributed by atoms with van der Waals surface area (Å²) in [6.07, 6.45) is 3.18. The van der Waals surface area contributed by atoms with Crippen molar-refractivity contribution in [2.24, 2.45) is 0 Å². The van der Waals surface area contributed by atoms with E-state index in [1.165, 1.54) is 24.6 Å². The van der Waals surface area contributed by atoms with Crippen LogP contribution in [-0.2, 0) is 6.42 Å². The van der Waals surface area contributed by atoms with Crippen LogP contribution in [0.1, 0.15) is 42.6 Å². The van der Waals surface area contributed by atoms with E-state index in [1.54, 1.807) is 12.1 Å². The molecule has 124 valence electrons. The Morgan fingerprint density at radius 2 is 1.96 bits per heavy atom. The molecule has 23 heavy (non-hydrogen) atoms. The van der Waals surface area contributed by atoms with Gasteiger partial charge in [0.2, 0.25) is 0 Å². The fourth-order valence-electron chi connectivity index (χ4n) is 2.72. The molecule has 1 N–H and O–H groups in total. The van der Waals surface area contributed by atoms with Crippen LogP contribution >= 0.6 is 11.6 Å². The van der Waals surface area contributed by atoms with Crippen LogP contribution in [0.5, 0.6) is 0 Å². The van der Waals surface area contributed by atoms with Gasteiger partial charge in [-0.15, -0.1) is 0 Å². The molecular formula is C19H24ClFN2. The molecule has 1 saturated heterocycles. The van der Waals surface area contributed by atoms with Gasteiger partial charge in [0.1, 0.15) is 5.82 Å². The molecule has 1 aromatic heterocycles. The van der Waals surface area contributed by atoms with Crippen LogP contribution in [0, 0.1) is 12.7 Å². The molecule has 0 spiro atoms. The Kier molecular flexibility index (Phi) is 7.00. The summed E-state index contributed by atoms with van der Waals surface area (Å²) in [5, 5.41) is 3.82. The van der Waals surface area contributed by atoms with Crippen LogP contribution in [0.2, 0.25) is 5.02 Å². The van der Waals surface area contributed by atoms with Crippen LogP contribution in [0.4, 0.5) is 4.39 Å². The molecule has 4 heteroatoms. The van der Waals surface area contributed by atoms with Crippen LogP contribution in [0.25, 0.3) is 0 Å². The van der Waals surface area contributed by atoms with Crippen LogP contribution in [0.3, 0.4) is 0 Å². The first-order valence-corrected chi connectivity index (χ1v) is 8.56. The van der Waals surface area contributed by atoms with Gasteiger partial charge >= 0.3 is 0 Å². The average Bonchev–Trinajstić information content (AvgIpc) is 2.56. The number of nitrogens with one attached hydrogen (secondary N) is 1. The first-order chi connectivity index (χ1) is 11.1. The summed E-state index contributed by atoms with van der Waals surface area (Å²) in [7, 11) is 0. The van der Waals surface area contributed by atoms with Gasteiger partial charge in [0.15, 0.2) is 0 Å². The lowest BCUT2D eigenvalue weighted by atomic mass is 9.94. The number of benzene rings is 1. The fourth-order valence-corrected chi connectivity index (χ4v) is 2.88. The van der Waals surface area contributed by atoms with Crippen molar-refractivity contribution in [1.82, 2.24) is 10.3 Å². The highest BCUT2D eigenvalue weighted by atomic mass is 35.5. The van der Waals surface area contributed by atoms with Crippen molar-refractivity contribution in [2.45, 2.75) is 39.0 Å². The summed E-state index contributed by atoms with van der Waals surface area (Å²) in [4.78, 5) is 4.57. The Morgan fingerprint density at radius 1 is 1.22 bits per heavy atom. The van der Waals surface area contributed by atoms with Gasteiger partial charge in [-0.25, -0.2) is 4.39 Å². The van der Waals surface area contributed by atoms with Crippen molar-refractivity contribution < 1.29 is 4.39 Å². The lowest BCUT2D eigenvalue weighted by molar-refractivity contribution is 0.453. The van der Waals surface area contributed by atoms with Crippen molar-refractivity contribution in [3.8, 4) is 0 Å². The van der Waals surface area contributed by atoms with Crippen LogP contribution in [0.15, 0.2) is 36.4 Å². The molecule has 1 aliphatic heterocycles. The second-order valence-electron chi connectivity index (χ2n) is 5.82. The molecule has 1 fully saturated rings. The Hall–Kier alpha value is -1.45. The summed E-state index contributed by atoms with van der Waals surface area (Å²) >= 11 is 5.53. The standard InChI is InChI=1S/C11H16N2.C8H8ClF/c1-9-3-2-4-11(13-9)10-5-7-12-8-6-10;1-2-6-3-4-7(9)5-8(6)10/h2-4,10,12H,5-8H2,1H3;3-5H,2H2,1H3. The maximum Gasteiger partial charge on any atom is 0.127 e. The van der Waals surface area contributed by atoms with Crippen LogP contribution < -0.4 is 5.32 Å². The molecule has 1 aliphatic rings. The lowest BCUT2D eigenvalue weighted by Crippen LogP contribution is -2.27. The van der Waals surface area contributed by atoms with Crippen molar-refractivity contribution >= 4 is 11.6 Å². The number of piperidine rings is 1. The van der Waals surface area contributed by atoms with Gasteiger partial charge in [-0.3, -0.25) is 4.98 Å². The third-order valence-corrected chi connectivity index (χ3v) is 4.30. The minimum Gasteiger partial charge on any atom is -0.317 e. The summed E-state index contributed by atoms with van der Waals surface area (Å²) in [5.41, 5.74) is 3.13. The van der Waals surface area contributed by atoms with Crippen molar-refractivity contribution in [3.63, 3.8) is 0 Å². The molecule has 1 aromatic carbocycles. The molecule has 0 radical (unpaired) electrons. The van der Waals surface area contributed by atoms with E-state index in [1.807, 2.05) is 6.92 Å². The Labute approximate surface area is 143 Å². The number of aromatic nitrogens is 1. The average molecular weight is 335 g/mol. The van der Waals surface area contributed by atoms with Gasteiger partial charge in [0.25, 0.3) is 0 Å². The van der Waals surface area contributed by atoms with E-state index >= 15 is 0 Å². The predicted octanol–water partition coefficient (Wildman–Crippen LogP) is 4.90. The van der Waals surface area contributed by atoms with Crippen molar-refractivity contribution in [2.75, 3.05) is 13.1 Å². The fraction of sp³-hybridized carbons (Fsp3) is 0.421. The number of nitrogens with zero attached hydrogens (tertiary/aromatic N) is 1. The monoisotopic (exact) mass is 334 g/mol. The molecule has 2 nitrogen and oxygen atoms in total. The Morgan fingerprint density at radius 3 is 2.57 bits per heavy atom. The number of aryl methyl sites for hydroxylation is 2. The molecule has 2 heterocycles. The lowest BCUT2D eigenvalue weighted by Gasteiger charge is -2.22. The highest BCUT2D eigenvalue weighted by Crippen LogP contribution is 2.23. The molecule has 2 aromatic rings. The normalized spacial score (nSPS) is 15.0. The van der Waals surface area contributed by atoms with Gasteiger partial charge in [0, 0.05) is 22.3 Å². The molecule has 0 bridgehead atoms. The summed E-state index contributed by atoms with van der Waals surface area (Å²) in [6, 6.07) is 11.1. The second-order valence-corrected chi connectivity index (χ2v) is 6.25. The smallest absolute Gasteiger partial charge is 0.127 e. The van der Waals surface area contributed by atoms with E-state index in [-0.39, 0.29) is 5.82 Å². The quantitative estimate of drug-likeness (QED) is 0.845. The van der Waals surface area contributed by atoms with Gasteiger partial charge < -0.3 is 5.32 Å². The van der Waals surface area contributed by atoms with E-state index in [4.69, 9.17) is 11.6 Å². The highest BCUT2D eigenvalue weighted by Gasteiger charge is 2.15. The first-order valence-electron chi connectivity index (χ1n) is 8.18. The van der Waals surface area contributed by atoms with Gasteiger partial charge in [0.05, 0.1) is 0 Å². The number of hydrogen-bond acceptors (Lipinski definition) is 2. The third kappa shape index (κ3) is 5.60. The number of halogens is 2. The largest absolute Gasteiger partial charge is 0.317 e. The Balaban J connectivity index is 0.000000174. The minimum atomic E-state index is -0.213. The summed E-state index contributed by atoms with van der Waals surface area (Å²) in [6.45, 7) is 6.25. The zero-order valence-corrected chi connectivity index (χ0v) is 14.5. The number of pyridine rings is 1. The topological polar surface area (TPSA) is 24.9 Å². The SMILES string of the molecule is CCc1ccc(Cl)cc1F.Cc1cccc(C2CCNCC2)n1. The van der Waals surface area contributed by atoms with Gasteiger partial charge in [-0.2, -0.15) is 0 Å². The van der Waals surface area contributed by atoms with Crippen molar-refractivity contribution in [3.05, 3.63) is 64.2 Å². The minimum absolute atomic E-state index is 0.213. The van der Waals surface area contributed by atoms with E-state index in [0.29, 0.717) is 22.9 Å². The van der Waals surface area contributed by atoms with E-state index in [0.717, 1.165) is 18.8 Å². The maximum atomic E-state index is 12.8. The molecule has 0 unspecified atom stereocenters. The van der Waals surface area contributed by atoms with Crippen LogP contribution in [-0.4, -0.2) is 18.1 Å².